The van der Waals surface area contributed by atoms with Crippen molar-refractivity contribution in [3.05, 3.63) is 72.3 Å². The minimum Gasteiger partial charge on any atom is -0.379 e. The van der Waals surface area contributed by atoms with Gasteiger partial charge in [-0.05, 0) is 41.8 Å². The maximum atomic E-state index is 12.4. The lowest BCUT2D eigenvalue weighted by Crippen LogP contribution is -2.37. The predicted molar refractivity (Wildman–Crippen MR) is 122 cm³/mol. The molecule has 1 saturated heterocycles. The first-order chi connectivity index (χ1) is 15.2. The third-order valence-electron chi connectivity index (χ3n) is 5.32. The van der Waals surface area contributed by atoms with Crippen LogP contribution in [0.5, 0.6) is 0 Å². The number of morpholine rings is 1. The van der Waals surface area contributed by atoms with Crippen LogP contribution in [0.15, 0.2) is 61.2 Å². The highest BCUT2D eigenvalue weighted by molar-refractivity contribution is 6.02. The highest BCUT2D eigenvalue weighted by atomic mass is 16.5. The predicted octanol–water partition coefficient (Wildman–Crippen LogP) is 3.01. The van der Waals surface area contributed by atoms with Crippen LogP contribution in [0.3, 0.4) is 0 Å². The van der Waals surface area contributed by atoms with Crippen molar-refractivity contribution < 1.29 is 9.53 Å². The van der Waals surface area contributed by atoms with Crippen LogP contribution in [-0.2, 0) is 23.0 Å². The van der Waals surface area contributed by atoms with Crippen LogP contribution in [0.4, 0.5) is 5.69 Å². The molecule has 1 N–H and O–H groups in total. The molecule has 0 aliphatic carbocycles. The van der Waals surface area contributed by atoms with E-state index < -0.39 is 0 Å². The zero-order valence-electron chi connectivity index (χ0n) is 17.7. The van der Waals surface area contributed by atoms with Gasteiger partial charge in [0.1, 0.15) is 0 Å². The average Bonchev–Trinajstić information content (AvgIpc) is 3.24. The zero-order chi connectivity index (χ0) is 21.5. The van der Waals surface area contributed by atoms with E-state index in [-0.39, 0.29) is 5.91 Å². The van der Waals surface area contributed by atoms with Crippen molar-refractivity contribution in [2.75, 3.05) is 38.2 Å². The number of aryl methyl sites for hydroxylation is 1. The Balaban J connectivity index is 1.33. The lowest BCUT2D eigenvalue weighted by Gasteiger charge is -2.26. The highest BCUT2D eigenvalue weighted by Gasteiger charge is 2.10. The molecule has 1 amide bonds. The monoisotopic (exact) mass is 417 g/mol. The standard InChI is InChI=1S/C24H27N5O2/c1-28-18-21(17-26-28)23-8-10-25-16-20(23)4-7-24(30)27-22-5-2-19(3-6-22)9-11-29-12-14-31-15-13-29/h2-8,10,16-18H,9,11-15H2,1H3,(H,27,30). The Morgan fingerprint density at radius 1 is 1.16 bits per heavy atom. The molecular weight excluding hydrogens is 390 g/mol. The first-order valence-electron chi connectivity index (χ1n) is 10.5. The number of nitrogens with one attached hydrogen (secondary N) is 1. The smallest absolute Gasteiger partial charge is 0.248 e. The molecule has 1 fully saturated rings. The van der Waals surface area contributed by atoms with Crippen molar-refractivity contribution in [2.45, 2.75) is 6.42 Å². The molecule has 1 aliphatic rings. The van der Waals surface area contributed by atoms with Crippen molar-refractivity contribution >= 4 is 17.7 Å². The Hall–Kier alpha value is -3.29. The number of pyridine rings is 1. The summed E-state index contributed by atoms with van der Waals surface area (Å²) >= 11 is 0. The number of anilines is 1. The summed E-state index contributed by atoms with van der Waals surface area (Å²) in [7, 11) is 1.88. The molecule has 31 heavy (non-hydrogen) atoms. The first-order valence-corrected chi connectivity index (χ1v) is 10.5. The van der Waals surface area contributed by atoms with E-state index in [1.807, 2.05) is 31.4 Å². The van der Waals surface area contributed by atoms with E-state index >= 15 is 0 Å². The van der Waals surface area contributed by atoms with E-state index in [2.05, 4.69) is 32.4 Å². The molecule has 3 aromatic rings. The summed E-state index contributed by atoms with van der Waals surface area (Å²) in [6.45, 7) is 4.67. The number of carbonyl (C=O) groups excluding carboxylic acids is 1. The Morgan fingerprint density at radius 3 is 2.71 bits per heavy atom. The lowest BCUT2D eigenvalue weighted by molar-refractivity contribution is -0.111. The van der Waals surface area contributed by atoms with Crippen LogP contribution in [0.1, 0.15) is 11.1 Å². The summed E-state index contributed by atoms with van der Waals surface area (Å²) in [5.41, 5.74) is 4.87. The molecule has 0 radical (unpaired) electrons. The Bertz CT molecular complexity index is 1040. The summed E-state index contributed by atoms with van der Waals surface area (Å²) in [6.07, 6.45) is 11.5. The molecular formula is C24H27N5O2. The van der Waals surface area contributed by atoms with Gasteiger partial charge in [-0.2, -0.15) is 5.10 Å². The molecule has 1 aliphatic heterocycles. The molecule has 0 saturated carbocycles. The Kier molecular flexibility index (Phi) is 6.86. The second-order valence-electron chi connectivity index (χ2n) is 7.59. The van der Waals surface area contributed by atoms with E-state index in [9.17, 15) is 4.79 Å². The summed E-state index contributed by atoms with van der Waals surface area (Å²) in [5.74, 6) is -0.179. The molecule has 1 aromatic carbocycles. The van der Waals surface area contributed by atoms with Gasteiger partial charge in [-0.1, -0.05) is 12.1 Å². The van der Waals surface area contributed by atoms with Crippen molar-refractivity contribution in [1.29, 1.82) is 0 Å². The maximum Gasteiger partial charge on any atom is 0.248 e. The van der Waals surface area contributed by atoms with E-state index in [1.54, 1.807) is 29.3 Å². The Labute approximate surface area is 182 Å². The third-order valence-corrected chi connectivity index (χ3v) is 5.32. The van der Waals surface area contributed by atoms with Crippen LogP contribution >= 0.6 is 0 Å². The maximum absolute atomic E-state index is 12.4. The molecule has 0 spiro atoms. The Morgan fingerprint density at radius 2 is 1.97 bits per heavy atom. The number of carbonyl (C=O) groups is 1. The van der Waals surface area contributed by atoms with Crippen LogP contribution in [0.2, 0.25) is 0 Å². The SMILES string of the molecule is Cn1cc(-c2ccncc2C=CC(=O)Nc2ccc(CCN3CCOCC3)cc2)cn1. The number of amides is 1. The first kappa shape index (κ1) is 21.0. The van der Waals surface area contributed by atoms with Gasteiger partial charge < -0.3 is 10.1 Å². The van der Waals surface area contributed by atoms with E-state index in [0.717, 1.165) is 61.6 Å². The van der Waals surface area contributed by atoms with Crippen LogP contribution in [-0.4, -0.2) is 58.4 Å². The van der Waals surface area contributed by atoms with Crippen molar-refractivity contribution in [3.8, 4) is 11.1 Å². The third kappa shape index (κ3) is 5.87. The van der Waals surface area contributed by atoms with Gasteiger partial charge in [0.15, 0.2) is 0 Å². The fraction of sp³-hybridized carbons (Fsp3) is 0.292. The molecule has 160 valence electrons. The number of rotatable bonds is 7. The van der Waals surface area contributed by atoms with Gasteiger partial charge in [0.05, 0.1) is 19.4 Å². The highest BCUT2D eigenvalue weighted by Crippen LogP contribution is 2.23. The van der Waals surface area contributed by atoms with E-state index in [4.69, 9.17) is 4.74 Å². The number of ether oxygens (including phenoxy) is 1. The molecule has 7 heteroatoms. The van der Waals surface area contributed by atoms with Gasteiger partial charge >= 0.3 is 0 Å². The second-order valence-corrected chi connectivity index (χ2v) is 7.59. The van der Waals surface area contributed by atoms with Crippen LogP contribution < -0.4 is 5.32 Å². The average molecular weight is 418 g/mol. The molecule has 0 atom stereocenters. The summed E-state index contributed by atoms with van der Waals surface area (Å²) in [4.78, 5) is 19.0. The summed E-state index contributed by atoms with van der Waals surface area (Å²) in [5, 5.41) is 7.14. The number of hydrogen-bond donors (Lipinski definition) is 1. The summed E-state index contributed by atoms with van der Waals surface area (Å²) in [6, 6.07) is 9.96. The van der Waals surface area contributed by atoms with Crippen LogP contribution in [0.25, 0.3) is 17.2 Å². The quantitative estimate of drug-likeness (QED) is 0.599. The lowest BCUT2D eigenvalue weighted by atomic mass is 10.0. The topological polar surface area (TPSA) is 72.3 Å². The minimum absolute atomic E-state index is 0.179. The van der Waals surface area contributed by atoms with Gasteiger partial charge in [0, 0.05) is 68.2 Å². The number of benzene rings is 1. The number of aromatic nitrogens is 3. The van der Waals surface area contributed by atoms with Crippen molar-refractivity contribution in [3.63, 3.8) is 0 Å². The van der Waals surface area contributed by atoms with Crippen LogP contribution in [0, 0.1) is 0 Å². The van der Waals surface area contributed by atoms with E-state index in [1.165, 1.54) is 11.6 Å². The normalized spacial score (nSPS) is 14.7. The van der Waals surface area contributed by atoms with E-state index in [0.29, 0.717) is 0 Å². The largest absolute Gasteiger partial charge is 0.379 e. The van der Waals surface area contributed by atoms with Gasteiger partial charge in [-0.15, -0.1) is 0 Å². The molecule has 0 unspecified atom stereocenters. The van der Waals surface area contributed by atoms with Crippen molar-refractivity contribution in [2.24, 2.45) is 7.05 Å². The van der Waals surface area contributed by atoms with Crippen molar-refractivity contribution in [1.82, 2.24) is 19.7 Å². The fourth-order valence-electron chi connectivity index (χ4n) is 3.58. The number of nitrogens with zero attached hydrogens (tertiary/aromatic N) is 4. The minimum atomic E-state index is -0.179. The fourth-order valence-corrected chi connectivity index (χ4v) is 3.58. The molecule has 3 heterocycles. The molecule has 4 rings (SSSR count). The van der Waals surface area contributed by atoms with Gasteiger partial charge in [0.25, 0.3) is 0 Å². The molecule has 2 aromatic heterocycles. The zero-order valence-corrected chi connectivity index (χ0v) is 17.7. The van der Waals surface area contributed by atoms with Gasteiger partial charge in [0.2, 0.25) is 5.91 Å². The second kappa shape index (κ2) is 10.1. The summed E-state index contributed by atoms with van der Waals surface area (Å²) < 4.78 is 7.14. The molecule has 0 bridgehead atoms. The number of hydrogen-bond acceptors (Lipinski definition) is 5. The van der Waals surface area contributed by atoms with Gasteiger partial charge in [-0.3, -0.25) is 19.4 Å². The van der Waals surface area contributed by atoms with Gasteiger partial charge in [-0.25, -0.2) is 0 Å². The molecule has 7 nitrogen and oxygen atoms in total.